The Hall–Kier alpha value is -1.50. The van der Waals surface area contributed by atoms with E-state index in [2.05, 4.69) is 19.2 Å². The topological polar surface area (TPSA) is 82.8 Å². The van der Waals surface area contributed by atoms with Crippen LogP contribution in [0.4, 0.5) is 0 Å². The van der Waals surface area contributed by atoms with Crippen molar-refractivity contribution in [2.45, 2.75) is 58.0 Å². The molecule has 2 rings (SSSR count). The number of hydrogen-bond donors (Lipinski definition) is 2. The standard InChI is InChI=1S/C20H32N2O4.ClH/c1-4-10-25-17-7-6-16(14-18(17)26-11-5-2)15(3)22-19(23)20(21)8-12-24-13-9-20;/h6-7,14-15H,4-5,8-13,21H2,1-3H3,(H,22,23);1H. The van der Waals surface area contributed by atoms with Crippen LogP contribution in [0.15, 0.2) is 18.2 Å². The molecule has 1 heterocycles. The van der Waals surface area contributed by atoms with Gasteiger partial charge in [-0.1, -0.05) is 19.9 Å². The maximum absolute atomic E-state index is 12.6. The molecule has 7 heteroatoms. The predicted molar refractivity (Wildman–Crippen MR) is 109 cm³/mol. The van der Waals surface area contributed by atoms with E-state index in [1.165, 1.54) is 0 Å². The van der Waals surface area contributed by atoms with Gasteiger partial charge in [-0.15, -0.1) is 12.4 Å². The summed E-state index contributed by atoms with van der Waals surface area (Å²) in [6.45, 7) is 8.40. The third-order valence-electron chi connectivity index (χ3n) is 4.58. The molecule has 0 radical (unpaired) electrons. The molecule has 1 unspecified atom stereocenters. The minimum Gasteiger partial charge on any atom is -0.490 e. The summed E-state index contributed by atoms with van der Waals surface area (Å²) in [5.41, 5.74) is 6.38. The molecule has 3 N–H and O–H groups in total. The molecule has 1 aromatic rings. The van der Waals surface area contributed by atoms with Crippen LogP contribution in [-0.2, 0) is 9.53 Å². The lowest BCUT2D eigenvalue weighted by Crippen LogP contribution is -2.57. The molecule has 1 atom stereocenters. The molecule has 1 fully saturated rings. The van der Waals surface area contributed by atoms with Gasteiger partial charge in [-0.05, 0) is 50.3 Å². The van der Waals surface area contributed by atoms with Crippen molar-refractivity contribution in [3.05, 3.63) is 23.8 Å². The van der Waals surface area contributed by atoms with Gasteiger partial charge in [-0.25, -0.2) is 0 Å². The molecule has 154 valence electrons. The van der Waals surface area contributed by atoms with Gasteiger partial charge in [0.25, 0.3) is 0 Å². The van der Waals surface area contributed by atoms with Crippen molar-refractivity contribution in [3.63, 3.8) is 0 Å². The highest BCUT2D eigenvalue weighted by Gasteiger charge is 2.36. The lowest BCUT2D eigenvalue weighted by atomic mass is 9.90. The van der Waals surface area contributed by atoms with Crippen LogP contribution in [0.25, 0.3) is 0 Å². The Bertz CT molecular complexity index is 591. The Kier molecular flexibility index (Phi) is 9.91. The molecule has 0 aliphatic carbocycles. The van der Waals surface area contributed by atoms with Crippen molar-refractivity contribution < 1.29 is 19.0 Å². The van der Waals surface area contributed by atoms with E-state index < -0.39 is 5.54 Å². The zero-order valence-electron chi connectivity index (χ0n) is 16.6. The molecule has 1 aliphatic rings. The summed E-state index contributed by atoms with van der Waals surface area (Å²) >= 11 is 0. The van der Waals surface area contributed by atoms with Crippen molar-refractivity contribution in [3.8, 4) is 11.5 Å². The summed E-state index contributed by atoms with van der Waals surface area (Å²) in [5.74, 6) is 1.32. The monoisotopic (exact) mass is 400 g/mol. The number of nitrogens with two attached hydrogens (primary N) is 1. The first-order valence-corrected chi connectivity index (χ1v) is 9.57. The number of hydrogen-bond acceptors (Lipinski definition) is 5. The quantitative estimate of drug-likeness (QED) is 0.664. The van der Waals surface area contributed by atoms with Gasteiger partial charge in [-0.2, -0.15) is 0 Å². The summed E-state index contributed by atoms with van der Waals surface area (Å²) in [5, 5.41) is 3.04. The average molecular weight is 401 g/mol. The smallest absolute Gasteiger partial charge is 0.240 e. The third-order valence-corrected chi connectivity index (χ3v) is 4.58. The van der Waals surface area contributed by atoms with E-state index in [1.807, 2.05) is 25.1 Å². The first-order valence-electron chi connectivity index (χ1n) is 9.57. The van der Waals surface area contributed by atoms with Gasteiger partial charge >= 0.3 is 0 Å². The molecule has 1 aromatic carbocycles. The van der Waals surface area contributed by atoms with Crippen LogP contribution in [0.5, 0.6) is 11.5 Å². The van der Waals surface area contributed by atoms with Crippen LogP contribution in [0.1, 0.15) is 58.1 Å². The van der Waals surface area contributed by atoms with E-state index in [-0.39, 0.29) is 24.4 Å². The van der Waals surface area contributed by atoms with Gasteiger partial charge in [0.1, 0.15) is 0 Å². The SMILES string of the molecule is CCCOc1ccc(C(C)NC(=O)C2(N)CCOCC2)cc1OCCC.Cl. The molecule has 0 spiro atoms. The number of nitrogens with one attached hydrogen (secondary N) is 1. The summed E-state index contributed by atoms with van der Waals surface area (Å²) in [6.07, 6.45) is 2.94. The Balaban J connectivity index is 0.00000364. The fourth-order valence-electron chi connectivity index (χ4n) is 2.84. The first kappa shape index (κ1) is 23.5. The van der Waals surface area contributed by atoms with Gasteiger partial charge in [0, 0.05) is 13.2 Å². The normalized spacial score (nSPS) is 16.7. The van der Waals surface area contributed by atoms with E-state index >= 15 is 0 Å². The number of carbonyl (C=O) groups is 1. The summed E-state index contributed by atoms with van der Waals surface area (Å²) in [4.78, 5) is 12.6. The highest BCUT2D eigenvalue weighted by atomic mass is 35.5. The van der Waals surface area contributed by atoms with Crippen molar-refractivity contribution in [1.29, 1.82) is 0 Å². The van der Waals surface area contributed by atoms with Crippen LogP contribution in [0.2, 0.25) is 0 Å². The highest BCUT2D eigenvalue weighted by Crippen LogP contribution is 2.31. The number of amides is 1. The molecule has 0 bridgehead atoms. The number of halogens is 1. The van der Waals surface area contributed by atoms with Crippen molar-refractivity contribution in [1.82, 2.24) is 5.32 Å². The van der Waals surface area contributed by atoms with Gasteiger partial charge in [0.15, 0.2) is 11.5 Å². The van der Waals surface area contributed by atoms with Gasteiger partial charge in [0.05, 0.1) is 24.8 Å². The van der Waals surface area contributed by atoms with E-state index in [0.717, 1.165) is 24.2 Å². The van der Waals surface area contributed by atoms with E-state index in [4.69, 9.17) is 19.9 Å². The van der Waals surface area contributed by atoms with Gasteiger partial charge in [-0.3, -0.25) is 4.79 Å². The Labute approximate surface area is 168 Å². The molecule has 0 aromatic heterocycles. The molecule has 1 aliphatic heterocycles. The molecule has 0 saturated carbocycles. The maximum Gasteiger partial charge on any atom is 0.240 e. The molecule has 1 saturated heterocycles. The molecule has 27 heavy (non-hydrogen) atoms. The number of benzene rings is 1. The Morgan fingerprint density at radius 3 is 2.37 bits per heavy atom. The van der Waals surface area contributed by atoms with Crippen LogP contribution in [0, 0.1) is 0 Å². The van der Waals surface area contributed by atoms with Crippen LogP contribution >= 0.6 is 12.4 Å². The summed E-state index contributed by atoms with van der Waals surface area (Å²) in [6, 6.07) is 5.64. The molecular formula is C20H33ClN2O4. The largest absolute Gasteiger partial charge is 0.490 e. The average Bonchev–Trinajstić information content (AvgIpc) is 2.65. The molecule has 6 nitrogen and oxygen atoms in total. The summed E-state index contributed by atoms with van der Waals surface area (Å²) < 4.78 is 16.9. The minimum absolute atomic E-state index is 0. The Morgan fingerprint density at radius 1 is 1.19 bits per heavy atom. The fourth-order valence-corrected chi connectivity index (χ4v) is 2.84. The molecule has 1 amide bonds. The van der Waals surface area contributed by atoms with Crippen LogP contribution in [0.3, 0.4) is 0 Å². The summed E-state index contributed by atoms with van der Waals surface area (Å²) in [7, 11) is 0. The van der Waals surface area contributed by atoms with E-state index in [1.54, 1.807) is 0 Å². The van der Waals surface area contributed by atoms with E-state index in [0.29, 0.717) is 45.0 Å². The van der Waals surface area contributed by atoms with Crippen LogP contribution in [-0.4, -0.2) is 37.9 Å². The second kappa shape index (κ2) is 11.4. The third kappa shape index (κ3) is 6.55. The Morgan fingerprint density at radius 2 is 1.78 bits per heavy atom. The highest BCUT2D eigenvalue weighted by molar-refractivity contribution is 5.86. The predicted octanol–water partition coefficient (Wildman–Crippen LogP) is 3.37. The van der Waals surface area contributed by atoms with Crippen molar-refractivity contribution in [2.24, 2.45) is 5.73 Å². The maximum atomic E-state index is 12.6. The second-order valence-corrected chi connectivity index (χ2v) is 6.87. The van der Waals surface area contributed by atoms with Crippen molar-refractivity contribution in [2.75, 3.05) is 26.4 Å². The number of carbonyl (C=O) groups excluding carboxylic acids is 1. The number of ether oxygens (including phenoxy) is 3. The van der Waals surface area contributed by atoms with Crippen molar-refractivity contribution >= 4 is 18.3 Å². The minimum atomic E-state index is -0.849. The zero-order chi connectivity index (χ0) is 19.0. The zero-order valence-corrected chi connectivity index (χ0v) is 17.4. The first-order chi connectivity index (χ1) is 12.5. The lowest BCUT2D eigenvalue weighted by Gasteiger charge is -2.33. The van der Waals surface area contributed by atoms with Gasteiger partial charge in [0.2, 0.25) is 5.91 Å². The lowest BCUT2D eigenvalue weighted by molar-refractivity contribution is -0.130. The second-order valence-electron chi connectivity index (χ2n) is 6.87. The van der Waals surface area contributed by atoms with Gasteiger partial charge < -0.3 is 25.3 Å². The fraction of sp³-hybridized carbons (Fsp3) is 0.650. The molecular weight excluding hydrogens is 368 g/mol. The van der Waals surface area contributed by atoms with E-state index in [9.17, 15) is 4.79 Å². The van der Waals surface area contributed by atoms with Crippen LogP contribution < -0.4 is 20.5 Å². The number of rotatable bonds is 9.